The summed E-state index contributed by atoms with van der Waals surface area (Å²) in [6.45, 7) is 1.69. The van der Waals surface area contributed by atoms with Gasteiger partial charge < -0.3 is 15.5 Å². The molecule has 0 aliphatic carbocycles. The number of likely N-dealkylation sites (tertiary alicyclic amines) is 1. The van der Waals surface area contributed by atoms with E-state index in [0.29, 0.717) is 32.6 Å². The van der Waals surface area contributed by atoms with E-state index >= 15 is 0 Å². The first-order valence-corrected chi connectivity index (χ1v) is 11.2. The van der Waals surface area contributed by atoms with E-state index in [4.69, 9.17) is 5.73 Å². The number of amides is 2. The first-order valence-electron chi connectivity index (χ1n) is 9.42. The lowest BCUT2D eigenvalue weighted by molar-refractivity contribution is -0.135. The van der Waals surface area contributed by atoms with Crippen molar-refractivity contribution in [2.24, 2.45) is 11.7 Å². The van der Waals surface area contributed by atoms with Gasteiger partial charge in [-0.2, -0.15) is 0 Å². The Kier molecular flexibility index (Phi) is 6.16. The van der Waals surface area contributed by atoms with Crippen molar-refractivity contribution in [1.82, 2.24) is 9.80 Å². The lowest BCUT2D eigenvalue weighted by atomic mass is 10.1. The third kappa shape index (κ3) is 4.87. The van der Waals surface area contributed by atoms with Gasteiger partial charge in [-0.1, -0.05) is 30.3 Å². The molecule has 2 unspecified atom stereocenters. The summed E-state index contributed by atoms with van der Waals surface area (Å²) in [5, 5.41) is 0. The van der Waals surface area contributed by atoms with E-state index in [1.165, 1.54) is 0 Å². The van der Waals surface area contributed by atoms with E-state index in [2.05, 4.69) is 0 Å². The maximum atomic E-state index is 13.0. The molecule has 2 fully saturated rings. The van der Waals surface area contributed by atoms with Gasteiger partial charge in [-0.15, -0.1) is 0 Å². The van der Waals surface area contributed by atoms with Gasteiger partial charge in [0.2, 0.25) is 11.8 Å². The molecule has 0 aromatic heterocycles. The van der Waals surface area contributed by atoms with Crippen molar-refractivity contribution in [3.8, 4) is 0 Å². The predicted octanol–water partition coefficient (Wildman–Crippen LogP) is 0.0520. The van der Waals surface area contributed by atoms with Crippen molar-refractivity contribution in [1.29, 1.82) is 0 Å². The zero-order valence-electron chi connectivity index (χ0n) is 15.4. The summed E-state index contributed by atoms with van der Waals surface area (Å²) < 4.78 is 23.4. The molecule has 3 rings (SSSR count). The molecule has 2 atom stereocenters. The SMILES string of the molecule is NCCN(CCc1ccccc1)C(=O)C1CC(=O)N(C2CCS(=O)(=O)C2)C1. The maximum Gasteiger partial charge on any atom is 0.228 e. The predicted molar refractivity (Wildman–Crippen MR) is 103 cm³/mol. The second-order valence-corrected chi connectivity index (χ2v) is 9.58. The highest BCUT2D eigenvalue weighted by molar-refractivity contribution is 7.91. The highest BCUT2D eigenvalue weighted by Crippen LogP contribution is 2.27. The smallest absolute Gasteiger partial charge is 0.228 e. The van der Waals surface area contributed by atoms with Crippen LogP contribution in [0.25, 0.3) is 0 Å². The molecule has 27 heavy (non-hydrogen) atoms. The third-order valence-electron chi connectivity index (χ3n) is 5.38. The molecule has 2 aliphatic heterocycles. The van der Waals surface area contributed by atoms with Crippen LogP contribution in [0.3, 0.4) is 0 Å². The molecule has 2 aliphatic rings. The molecule has 8 heteroatoms. The Morgan fingerprint density at radius 3 is 2.59 bits per heavy atom. The van der Waals surface area contributed by atoms with Crippen molar-refractivity contribution < 1.29 is 18.0 Å². The molecule has 2 saturated heterocycles. The number of hydrogen-bond acceptors (Lipinski definition) is 5. The van der Waals surface area contributed by atoms with Crippen LogP contribution < -0.4 is 5.73 Å². The molecule has 2 amide bonds. The van der Waals surface area contributed by atoms with Crippen LogP contribution in [0.1, 0.15) is 18.4 Å². The van der Waals surface area contributed by atoms with E-state index in [1.807, 2.05) is 30.3 Å². The number of nitrogens with zero attached hydrogens (tertiary/aromatic N) is 2. The van der Waals surface area contributed by atoms with Crippen molar-refractivity contribution >= 4 is 21.7 Å². The number of sulfone groups is 1. The highest BCUT2D eigenvalue weighted by atomic mass is 32.2. The zero-order valence-corrected chi connectivity index (χ0v) is 16.2. The number of carbonyl (C=O) groups excluding carboxylic acids is 2. The minimum atomic E-state index is -3.06. The third-order valence-corrected chi connectivity index (χ3v) is 7.13. The van der Waals surface area contributed by atoms with Crippen LogP contribution in [0.5, 0.6) is 0 Å². The summed E-state index contributed by atoms with van der Waals surface area (Å²) in [6, 6.07) is 9.64. The standard InChI is InChI=1S/C19H27N3O4S/c20-8-10-21(9-6-15-4-2-1-3-5-15)19(24)16-12-18(23)22(13-16)17-7-11-27(25,26)14-17/h1-5,16-17H,6-14,20H2. The zero-order chi connectivity index (χ0) is 19.4. The summed E-state index contributed by atoms with van der Waals surface area (Å²) in [6.07, 6.45) is 1.36. The summed E-state index contributed by atoms with van der Waals surface area (Å²) in [4.78, 5) is 28.7. The fourth-order valence-corrected chi connectivity index (χ4v) is 5.66. The van der Waals surface area contributed by atoms with Gasteiger partial charge in [-0.05, 0) is 18.4 Å². The first kappa shape index (κ1) is 19.8. The average molecular weight is 394 g/mol. The van der Waals surface area contributed by atoms with Crippen molar-refractivity contribution in [3.63, 3.8) is 0 Å². The molecule has 0 saturated carbocycles. The Hall–Kier alpha value is -1.93. The lowest BCUT2D eigenvalue weighted by Crippen LogP contribution is -2.42. The monoisotopic (exact) mass is 393 g/mol. The summed E-state index contributed by atoms with van der Waals surface area (Å²) in [5.74, 6) is -0.459. The average Bonchev–Trinajstić information content (AvgIpc) is 3.21. The van der Waals surface area contributed by atoms with Crippen LogP contribution in [0.15, 0.2) is 30.3 Å². The molecule has 0 bridgehead atoms. The largest absolute Gasteiger partial charge is 0.341 e. The van der Waals surface area contributed by atoms with Crippen LogP contribution in [-0.4, -0.2) is 73.8 Å². The molecular weight excluding hydrogens is 366 g/mol. The second kappa shape index (κ2) is 8.39. The molecular formula is C19H27N3O4S. The Balaban J connectivity index is 1.61. The molecule has 7 nitrogen and oxygen atoms in total. The van der Waals surface area contributed by atoms with Gasteiger partial charge in [0.15, 0.2) is 9.84 Å². The lowest BCUT2D eigenvalue weighted by Gasteiger charge is -2.26. The van der Waals surface area contributed by atoms with Gasteiger partial charge in [0, 0.05) is 38.6 Å². The minimum Gasteiger partial charge on any atom is -0.341 e. The van der Waals surface area contributed by atoms with E-state index in [0.717, 1.165) is 12.0 Å². The number of nitrogens with two attached hydrogens (primary N) is 1. The Morgan fingerprint density at radius 2 is 1.96 bits per heavy atom. The van der Waals surface area contributed by atoms with Crippen LogP contribution in [0.2, 0.25) is 0 Å². The van der Waals surface area contributed by atoms with Crippen LogP contribution in [0.4, 0.5) is 0 Å². The number of hydrogen-bond donors (Lipinski definition) is 1. The Morgan fingerprint density at radius 1 is 1.22 bits per heavy atom. The quantitative estimate of drug-likeness (QED) is 0.706. The molecule has 2 N–H and O–H groups in total. The molecule has 0 spiro atoms. The molecule has 0 radical (unpaired) electrons. The number of rotatable bonds is 7. The molecule has 148 valence electrons. The van der Waals surface area contributed by atoms with Gasteiger partial charge in [0.1, 0.15) is 0 Å². The van der Waals surface area contributed by atoms with E-state index in [9.17, 15) is 18.0 Å². The number of benzene rings is 1. The summed E-state index contributed by atoms with van der Waals surface area (Å²) in [5.41, 5.74) is 6.83. The second-order valence-electron chi connectivity index (χ2n) is 7.35. The van der Waals surface area contributed by atoms with Gasteiger partial charge in [0.05, 0.1) is 17.4 Å². The summed E-state index contributed by atoms with van der Waals surface area (Å²) in [7, 11) is -3.06. The molecule has 1 aromatic rings. The fourth-order valence-electron chi connectivity index (χ4n) is 3.93. The molecule has 2 heterocycles. The van der Waals surface area contributed by atoms with Crippen molar-refractivity contribution in [2.75, 3.05) is 37.7 Å². The van der Waals surface area contributed by atoms with Gasteiger partial charge in [0.25, 0.3) is 0 Å². The highest BCUT2D eigenvalue weighted by Gasteiger charge is 2.42. The van der Waals surface area contributed by atoms with Crippen LogP contribution in [0, 0.1) is 5.92 Å². The molecule has 1 aromatic carbocycles. The minimum absolute atomic E-state index is 0.0141. The van der Waals surface area contributed by atoms with Crippen LogP contribution >= 0.6 is 0 Å². The van der Waals surface area contributed by atoms with E-state index in [1.54, 1.807) is 9.80 Å². The van der Waals surface area contributed by atoms with E-state index in [-0.39, 0.29) is 35.8 Å². The van der Waals surface area contributed by atoms with Gasteiger partial charge in [-0.3, -0.25) is 9.59 Å². The fraction of sp³-hybridized carbons (Fsp3) is 0.579. The van der Waals surface area contributed by atoms with Crippen LogP contribution in [-0.2, 0) is 25.8 Å². The van der Waals surface area contributed by atoms with Crippen molar-refractivity contribution in [2.45, 2.75) is 25.3 Å². The maximum absolute atomic E-state index is 13.0. The summed E-state index contributed by atoms with van der Waals surface area (Å²) >= 11 is 0. The normalized spacial score (nSPS) is 24.3. The Bertz CT molecular complexity index is 781. The van der Waals surface area contributed by atoms with Gasteiger partial charge in [-0.25, -0.2) is 8.42 Å². The Labute approximate surface area is 160 Å². The topological polar surface area (TPSA) is 101 Å². The van der Waals surface area contributed by atoms with Gasteiger partial charge >= 0.3 is 0 Å². The van der Waals surface area contributed by atoms with Crippen molar-refractivity contribution in [3.05, 3.63) is 35.9 Å². The van der Waals surface area contributed by atoms with E-state index < -0.39 is 15.8 Å². The first-order chi connectivity index (χ1) is 12.9. The number of carbonyl (C=O) groups is 2.